The summed E-state index contributed by atoms with van der Waals surface area (Å²) in [6, 6.07) is 15.9. The molecule has 5 rings (SSSR count). The zero-order valence-corrected chi connectivity index (χ0v) is 17.3. The van der Waals surface area contributed by atoms with Crippen molar-refractivity contribution in [2.75, 3.05) is 4.90 Å². The van der Waals surface area contributed by atoms with Gasteiger partial charge in [-0.15, -0.1) is 0 Å². The number of carbonyl (C=O) groups is 1. The highest BCUT2D eigenvalue weighted by Crippen LogP contribution is 2.52. The second-order valence-corrected chi connectivity index (χ2v) is 8.98. The molecule has 2 aromatic rings. The van der Waals surface area contributed by atoms with Crippen LogP contribution in [-0.4, -0.2) is 11.6 Å². The van der Waals surface area contributed by atoms with Crippen molar-refractivity contribution in [1.82, 2.24) is 0 Å². The van der Waals surface area contributed by atoms with Gasteiger partial charge < -0.3 is 5.73 Å². The molecule has 1 atom stereocenters. The number of halogens is 1. The van der Waals surface area contributed by atoms with E-state index in [1.165, 1.54) is 12.1 Å². The van der Waals surface area contributed by atoms with Crippen molar-refractivity contribution < 1.29 is 9.18 Å². The van der Waals surface area contributed by atoms with Gasteiger partial charge in [-0.05, 0) is 41.7 Å². The first-order chi connectivity index (χ1) is 14.8. The maximum Gasteiger partial charge on any atom is 0.162 e. The third kappa shape index (κ3) is 2.89. The molecule has 0 fully saturated rings. The van der Waals surface area contributed by atoms with Crippen molar-refractivity contribution in [3.8, 4) is 6.07 Å². The Hall–Kier alpha value is -3.72. The smallest absolute Gasteiger partial charge is 0.162 e. The number of nitrogens with two attached hydrogens (primary N) is 1. The molecule has 6 heteroatoms. The minimum atomic E-state index is -0.600. The lowest BCUT2D eigenvalue weighted by molar-refractivity contribution is -0.118. The summed E-state index contributed by atoms with van der Waals surface area (Å²) >= 11 is 0. The SMILES string of the molecule is CC1(C)CC(=O)C2=C(C1)N1C(=C(C#N)C2c2ccc(F)cc2)N=C(N)c2ccccc21. The summed E-state index contributed by atoms with van der Waals surface area (Å²) in [6.07, 6.45) is 1.04. The van der Waals surface area contributed by atoms with Crippen molar-refractivity contribution in [3.63, 3.8) is 0 Å². The van der Waals surface area contributed by atoms with Gasteiger partial charge in [-0.2, -0.15) is 5.26 Å². The van der Waals surface area contributed by atoms with Crippen molar-refractivity contribution in [1.29, 1.82) is 5.26 Å². The van der Waals surface area contributed by atoms with E-state index < -0.39 is 5.92 Å². The van der Waals surface area contributed by atoms with Crippen LogP contribution in [0.1, 0.15) is 43.7 Å². The number of fused-ring (bicyclic) bond motifs is 4. The lowest BCUT2D eigenvalue weighted by Crippen LogP contribution is -2.42. The molecule has 31 heavy (non-hydrogen) atoms. The summed E-state index contributed by atoms with van der Waals surface area (Å²) in [4.78, 5) is 20.0. The first-order valence-corrected chi connectivity index (χ1v) is 10.2. The van der Waals surface area contributed by atoms with Gasteiger partial charge in [0.2, 0.25) is 0 Å². The van der Waals surface area contributed by atoms with E-state index >= 15 is 0 Å². The highest BCUT2D eigenvalue weighted by atomic mass is 19.1. The molecule has 0 spiro atoms. The molecule has 1 aliphatic carbocycles. The third-order valence-electron chi connectivity index (χ3n) is 6.17. The van der Waals surface area contributed by atoms with Gasteiger partial charge in [0.15, 0.2) is 11.6 Å². The number of hydrogen-bond donors (Lipinski definition) is 1. The highest BCUT2D eigenvalue weighted by molar-refractivity contribution is 6.08. The monoisotopic (exact) mass is 412 g/mol. The Morgan fingerprint density at radius 3 is 2.58 bits per heavy atom. The van der Waals surface area contributed by atoms with E-state index in [2.05, 4.69) is 24.9 Å². The number of ketones is 1. The summed E-state index contributed by atoms with van der Waals surface area (Å²) < 4.78 is 13.6. The number of amidine groups is 1. The van der Waals surface area contributed by atoms with Gasteiger partial charge in [-0.1, -0.05) is 38.1 Å². The van der Waals surface area contributed by atoms with E-state index in [0.29, 0.717) is 41.2 Å². The van der Waals surface area contributed by atoms with Crippen LogP contribution < -0.4 is 10.6 Å². The Balaban J connectivity index is 1.84. The van der Waals surface area contributed by atoms with E-state index in [-0.39, 0.29) is 17.0 Å². The van der Waals surface area contributed by atoms with Crippen LogP contribution in [0.2, 0.25) is 0 Å². The quantitative estimate of drug-likeness (QED) is 0.746. The highest BCUT2D eigenvalue weighted by Gasteiger charge is 2.46. The number of rotatable bonds is 1. The van der Waals surface area contributed by atoms with E-state index in [4.69, 9.17) is 5.73 Å². The number of aliphatic imine (C=N–C) groups is 1. The van der Waals surface area contributed by atoms with Crippen LogP contribution in [0.5, 0.6) is 0 Å². The molecular formula is C25H21FN4O. The largest absolute Gasteiger partial charge is 0.383 e. The fourth-order valence-electron chi connectivity index (χ4n) is 4.88. The maximum absolute atomic E-state index is 13.6. The summed E-state index contributed by atoms with van der Waals surface area (Å²) in [5, 5.41) is 10.2. The Bertz CT molecular complexity index is 1260. The maximum atomic E-state index is 13.6. The normalized spacial score (nSPS) is 21.7. The number of allylic oxidation sites excluding steroid dienone is 3. The fraction of sp³-hybridized carbons (Fsp3) is 0.240. The number of para-hydroxylation sites is 1. The van der Waals surface area contributed by atoms with Crippen LogP contribution >= 0.6 is 0 Å². The van der Waals surface area contributed by atoms with Gasteiger partial charge in [0.05, 0.1) is 23.2 Å². The fourth-order valence-corrected chi connectivity index (χ4v) is 4.88. The molecular weight excluding hydrogens is 391 g/mol. The predicted octanol–water partition coefficient (Wildman–Crippen LogP) is 4.53. The molecule has 2 N–H and O–H groups in total. The molecule has 0 saturated carbocycles. The van der Waals surface area contributed by atoms with E-state index in [1.54, 1.807) is 12.1 Å². The molecule has 5 nitrogen and oxygen atoms in total. The van der Waals surface area contributed by atoms with E-state index in [0.717, 1.165) is 16.9 Å². The van der Waals surface area contributed by atoms with Gasteiger partial charge in [-0.3, -0.25) is 9.69 Å². The topological polar surface area (TPSA) is 82.5 Å². The standard InChI is InChI=1S/C25H21FN4O/c1-25(2)11-19-22(20(31)12-25)21(14-7-9-15(26)10-8-14)17(13-27)24-29-23(28)16-5-3-4-6-18(16)30(19)24/h3-10,21H,11-12H2,1-2H3,(H2,28,29). The number of Topliss-reactive ketones (excluding diaryl/α,β-unsaturated/α-hetero) is 1. The molecule has 1 unspecified atom stereocenters. The minimum absolute atomic E-state index is 0.00683. The Labute approximate surface area is 180 Å². The Morgan fingerprint density at radius 1 is 1.16 bits per heavy atom. The first kappa shape index (κ1) is 19.3. The lowest BCUT2D eigenvalue weighted by Gasteiger charge is -2.45. The minimum Gasteiger partial charge on any atom is -0.383 e. The number of carbonyl (C=O) groups excluding carboxylic acids is 1. The second-order valence-electron chi connectivity index (χ2n) is 8.98. The van der Waals surface area contributed by atoms with Gasteiger partial charge >= 0.3 is 0 Å². The second kappa shape index (κ2) is 6.64. The summed E-state index contributed by atoms with van der Waals surface area (Å²) in [7, 11) is 0. The van der Waals surface area contributed by atoms with Gasteiger partial charge in [0, 0.05) is 23.3 Å². The number of anilines is 1. The van der Waals surface area contributed by atoms with Crippen LogP contribution in [0.4, 0.5) is 10.1 Å². The van der Waals surface area contributed by atoms with Gasteiger partial charge in [0.25, 0.3) is 0 Å². The van der Waals surface area contributed by atoms with E-state index in [9.17, 15) is 14.4 Å². The predicted molar refractivity (Wildman–Crippen MR) is 116 cm³/mol. The van der Waals surface area contributed by atoms with Crippen LogP contribution in [0, 0.1) is 22.6 Å². The zero-order chi connectivity index (χ0) is 21.9. The van der Waals surface area contributed by atoms with Crippen LogP contribution in [-0.2, 0) is 4.79 Å². The molecule has 0 amide bonds. The average Bonchev–Trinajstić information content (AvgIpc) is 2.72. The number of nitriles is 1. The lowest BCUT2D eigenvalue weighted by atomic mass is 9.68. The molecule has 0 aromatic heterocycles. The molecule has 3 aliphatic rings. The van der Waals surface area contributed by atoms with Crippen molar-refractivity contribution in [2.24, 2.45) is 16.1 Å². The first-order valence-electron chi connectivity index (χ1n) is 10.2. The third-order valence-corrected chi connectivity index (χ3v) is 6.17. The Kier molecular flexibility index (Phi) is 4.13. The summed E-state index contributed by atoms with van der Waals surface area (Å²) in [5.41, 5.74) is 10.1. The Morgan fingerprint density at radius 2 is 1.87 bits per heavy atom. The summed E-state index contributed by atoms with van der Waals surface area (Å²) in [5.74, 6) is -0.189. The molecule has 0 saturated heterocycles. The van der Waals surface area contributed by atoms with Crippen LogP contribution in [0.25, 0.3) is 0 Å². The van der Waals surface area contributed by atoms with Crippen molar-refractivity contribution in [2.45, 2.75) is 32.6 Å². The molecule has 2 aliphatic heterocycles. The van der Waals surface area contributed by atoms with Crippen LogP contribution in [0.15, 0.2) is 76.2 Å². The number of benzene rings is 2. The van der Waals surface area contributed by atoms with E-state index in [1.807, 2.05) is 29.2 Å². The van der Waals surface area contributed by atoms with Crippen LogP contribution in [0.3, 0.4) is 0 Å². The molecule has 0 radical (unpaired) electrons. The molecule has 0 bridgehead atoms. The van der Waals surface area contributed by atoms with Gasteiger partial charge in [0.1, 0.15) is 11.7 Å². The summed E-state index contributed by atoms with van der Waals surface area (Å²) in [6.45, 7) is 4.14. The molecule has 154 valence electrons. The molecule has 2 aromatic carbocycles. The average molecular weight is 412 g/mol. The number of hydrogen-bond acceptors (Lipinski definition) is 5. The van der Waals surface area contributed by atoms with Crippen molar-refractivity contribution in [3.05, 3.63) is 88.1 Å². The van der Waals surface area contributed by atoms with Crippen molar-refractivity contribution >= 4 is 17.3 Å². The zero-order valence-electron chi connectivity index (χ0n) is 17.3. The number of nitrogens with zero attached hydrogens (tertiary/aromatic N) is 3. The van der Waals surface area contributed by atoms with Gasteiger partial charge in [-0.25, -0.2) is 9.38 Å². The molecule has 2 heterocycles.